The lowest BCUT2D eigenvalue weighted by Crippen LogP contribution is -2.54. The van der Waals surface area contributed by atoms with Crippen LogP contribution in [0.1, 0.15) is 29.4 Å². The van der Waals surface area contributed by atoms with Crippen molar-refractivity contribution in [3.05, 3.63) is 46.5 Å². The highest BCUT2D eigenvalue weighted by Crippen LogP contribution is 2.29. The van der Waals surface area contributed by atoms with E-state index < -0.39 is 12.0 Å². The lowest BCUT2D eigenvalue weighted by Gasteiger charge is -2.31. The topological polar surface area (TPSA) is 108 Å². The summed E-state index contributed by atoms with van der Waals surface area (Å²) in [5.74, 6) is -1.57. The van der Waals surface area contributed by atoms with Gasteiger partial charge in [-0.2, -0.15) is 0 Å². The summed E-state index contributed by atoms with van der Waals surface area (Å²) in [5.41, 5.74) is 5.96. The monoisotopic (exact) mass is 383 g/mol. The lowest BCUT2D eigenvalue weighted by atomic mass is 10.1. The Balaban J connectivity index is 1.67. The summed E-state index contributed by atoms with van der Waals surface area (Å²) in [6.07, 6.45) is 6.45. The molecule has 25 heavy (non-hydrogen) atoms. The first-order valence-electron chi connectivity index (χ1n) is 7.47. The van der Waals surface area contributed by atoms with Gasteiger partial charge in [-0.25, -0.2) is 20.6 Å². The van der Waals surface area contributed by atoms with Crippen LogP contribution in [0.4, 0.5) is 5.69 Å². The SMILES string of the molecule is O=C(O)c1cc(Cl)c(Cl)cc1NC(=O)C1CCC(n2ccnc2)NN1. The molecule has 3 rings (SSSR count). The van der Waals surface area contributed by atoms with Gasteiger partial charge in [0, 0.05) is 12.4 Å². The molecule has 0 aliphatic carbocycles. The molecular formula is C15H15Cl2N5O3. The Labute approximate surface area is 153 Å². The molecule has 2 aromatic rings. The van der Waals surface area contributed by atoms with Gasteiger partial charge < -0.3 is 15.0 Å². The number of carboxylic acid groups (broad SMARTS) is 1. The van der Waals surface area contributed by atoms with E-state index in [0.717, 1.165) is 0 Å². The lowest BCUT2D eigenvalue weighted by molar-refractivity contribution is -0.119. The number of benzene rings is 1. The van der Waals surface area contributed by atoms with Crippen LogP contribution in [0.25, 0.3) is 0 Å². The summed E-state index contributed by atoms with van der Waals surface area (Å²) in [5, 5.41) is 12.1. The maximum absolute atomic E-state index is 12.4. The minimum Gasteiger partial charge on any atom is -0.478 e. The number of hydrazine groups is 1. The first-order valence-corrected chi connectivity index (χ1v) is 8.23. The zero-order valence-electron chi connectivity index (χ0n) is 12.9. The Morgan fingerprint density at radius 2 is 2.00 bits per heavy atom. The number of carboxylic acids is 1. The second kappa shape index (κ2) is 7.40. The van der Waals surface area contributed by atoms with E-state index in [0.29, 0.717) is 12.8 Å². The average molecular weight is 384 g/mol. The molecule has 1 fully saturated rings. The molecule has 0 spiro atoms. The van der Waals surface area contributed by atoms with Gasteiger partial charge in [-0.15, -0.1) is 0 Å². The molecule has 2 unspecified atom stereocenters. The number of amides is 1. The number of carbonyl (C=O) groups is 2. The third-order valence-corrected chi connectivity index (χ3v) is 4.63. The standard InChI is InChI=1S/C15H15Cl2N5O3/c16-9-5-8(15(24)25)12(6-10(9)17)19-14(23)11-1-2-13(21-20-11)22-4-3-18-7-22/h3-7,11,13,20-21H,1-2H2,(H,19,23)(H,24,25). The van der Waals surface area contributed by atoms with Crippen LogP contribution in [-0.4, -0.2) is 32.6 Å². The van der Waals surface area contributed by atoms with Crippen molar-refractivity contribution in [1.29, 1.82) is 0 Å². The summed E-state index contributed by atoms with van der Waals surface area (Å²) in [6, 6.07) is 2.02. The van der Waals surface area contributed by atoms with Gasteiger partial charge in [0.25, 0.3) is 0 Å². The smallest absolute Gasteiger partial charge is 0.337 e. The molecule has 0 radical (unpaired) electrons. The molecule has 1 aliphatic heterocycles. The molecule has 1 aliphatic rings. The number of imidazole rings is 1. The van der Waals surface area contributed by atoms with Gasteiger partial charge in [0.05, 0.1) is 33.8 Å². The molecule has 2 heterocycles. The first kappa shape index (κ1) is 17.7. The number of halogens is 2. The van der Waals surface area contributed by atoms with Gasteiger partial charge in [0.15, 0.2) is 0 Å². The van der Waals surface area contributed by atoms with Crippen molar-refractivity contribution in [3.8, 4) is 0 Å². The predicted octanol–water partition coefficient (Wildman–Crippen LogP) is 2.28. The van der Waals surface area contributed by atoms with Crippen molar-refractivity contribution in [2.24, 2.45) is 0 Å². The molecule has 0 bridgehead atoms. The van der Waals surface area contributed by atoms with Crippen LogP contribution in [0, 0.1) is 0 Å². The number of nitrogens with zero attached hydrogens (tertiary/aromatic N) is 2. The fourth-order valence-corrected chi connectivity index (χ4v) is 2.91. The molecule has 4 N–H and O–H groups in total. The van der Waals surface area contributed by atoms with Crippen LogP contribution in [0.5, 0.6) is 0 Å². The number of hydrogen-bond acceptors (Lipinski definition) is 5. The van der Waals surface area contributed by atoms with E-state index in [1.807, 2.05) is 10.8 Å². The maximum Gasteiger partial charge on any atom is 0.337 e. The van der Waals surface area contributed by atoms with E-state index in [9.17, 15) is 14.7 Å². The van der Waals surface area contributed by atoms with Gasteiger partial charge in [-0.3, -0.25) is 4.79 Å². The van der Waals surface area contributed by atoms with Crippen LogP contribution in [0.2, 0.25) is 10.0 Å². The third-order valence-electron chi connectivity index (χ3n) is 3.90. The van der Waals surface area contributed by atoms with Crippen molar-refractivity contribution in [2.75, 3.05) is 5.32 Å². The molecule has 2 atom stereocenters. The van der Waals surface area contributed by atoms with E-state index in [1.54, 1.807) is 12.5 Å². The molecule has 1 amide bonds. The van der Waals surface area contributed by atoms with Crippen molar-refractivity contribution in [2.45, 2.75) is 25.0 Å². The Morgan fingerprint density at radius 1 is 1.24 bits per heavy atom. The predicted molar refractivity (Wildman–Crippen MR) is 92.6 cm³/mol. The van der Waals surface area contributed by atoms with Gasteiger partial charge in [0.1, 0.15) is 6.04 Å². The van der Waals surface area contributed by atoms with E-state index in [4.69, 9.17) is 23.2 Å². The quantitative estimate of drug-likeness (QED) is 0.644. The summed E-state index contributed by atoms with van der Waals surface area (Å²) in [4.78, 5) is 27.7. The number of aromatic carboxylic acids is 1. The minimum absolute atomic E-state index is 0.00823. The van der Waals surface area contributed by atoms with Gasteiger partial charge in [0.2, 0.25) is 5.91 Å². The third kappa shape index (κ3) is 3.93. The van der Waals surface area contributed by atoms with Crippen molar-refractivity contribution in [1.82, 2.24) is 20.4 Å². The molecule has 1 aromatic carbocycles. The van der Waals surface area contributed by atoms with Crippen LogP contribution in [0.15, 0.2) is 30.9 Å². The number of carbonyl (C=O) groups excluding carboxylic acids is 1. The number of hydrogen-bond donors (Lipinski definition) is 4. The van der Waals surface area contributed by atoms with Crippen LogP contribution < -0.4 is 16.2 Å². The first-order chi connectivity index (χ1) is 12.0. The van der Waals surface area contributed by atoms with Gasteiger partial charge >= 0.3 is 5.97 Å². The average Bonchev–Trinajstić information content (AvgIpc) is 3.12. The number of nitrogens with one attached hydrogen (secondary N) is 3. The van der Waals surface area contributed by atoms with Gasteiger partial charge in [-0.05, 0) is 25.0 Å². The summed E-state index contributed by atoms with van der Waals surface area (Å²) >= 11 is 11.8. The van der Waals surface area contributed by atoms with E-state index >= 15 is 0 Å². The molecule has 1 aromatic heterocycles. The maximum atomic E-state index is 12.4. The van der Waals surface area contributed by atoms with Crippen LogP contribution in [0.3, 0.4) is 0 Å². The number of rotatable bonds is 4. The van der Waals surface area contributed by atoms with Crippen LogP contribution in [-0.2, 0) is 4.79 Å². The molecule has 0 saturated carbocycles. The number of aromatic nitrogens is 2. The van der Waals surface area contributed by atoms with E-state index in [-0.39, 0.29) is 33.4 Å². The molecule has 132 valence electrons. The fraction of sp³-hybridized carbons (Fsp3) is 0.267. The Hall–Kier alpha value is -2.13. The van der Waals surface area contributed by atoms with Crippen LogP contribution >= 0.6 is 23.2 Å². The number of anilines is 1. The summed E-state index contributed by atoms with van der Waals surface area (Å²) < 4.78 is 1.89. The Kier molecular flexibility index (Phi) is 5.24. The fourth-order valence-electron chi connectivity index (χ4n) is 2.59. The van der Waals surface area contributed by atoms with Crippen molar-refractivity contribution in [3.63, 3.8) is 0 Å². The van der Waals surface area contributed by atoms with E-state index in [2.05, 4.69) is 21.2 Å². The second-order valence-corrected chi connectivity index (χ2v) is 6.37. The zero-order valence-corrected chi connectivity index (χ0v) is 14.4. The highest BCUT2D eigenvalue weighted by atomic mass is 35.5. The highest BCUT2D eigenvalue weighted by Gasteiger charge is 2.27. The zero-order chi connectivity index (χ0) is 18.0. The summed E-state index contributed by atoms with van der Waals surface area (Å²) in [6.45, 7) is 0. The Morgan fingerprint density at radius 3 is 2.60 bits per heavy atom. The minimum atomic E-state index is -1.20. The van der Waals surface area contributed by atoms with Crippen molar-refractivity contribution >= 4 is 40.8 Å². The molecular weight excluding hydrogens is 369 g/mol. The van der Waals surface area contributed by atoms with E-state index in [1.165, 1.54) is 12.1 Å². The highest BCUT2D eigenvalue weighted by molar-refractivity contribution is 6.42. The molecule has 10 heteroatoms. The summed E-state index contributed by atoms with van der Waals surface area (Å²) in [7, 11) is 0. The molecule has 8 nitrogen and oxygen atoms in total. The van der Waals surface area contributed by atoms with Gasteiger partial charge in [-0.1, -0.05) is 23.2 Å². The largest absolute Gasteiger partial charge is 0.478 e. The normalized spacial score (nSPS) is 20.2. The molecule has 1 saturated heterocycles. The Bertz CT molecular complexity index is 789. The van der Waals surface area contributed by atoms with Crippen molar-refractivity contribution < 1.29 is 14.7 Å². The second-order valence-electron chi connectivity index (χ2n) is 5.55.